The van der Waals surface area contributed by atoms with Gasteiger partial charge < -0.3 is 9.80 Å². The van der Waals surface area contributed by atoms with E-state index >= 15 is 0 Å². The Balaban J connectivity index is 1.90. The second kappa shape index (κ2) is 8.01. The van der Waals surface area contributed by atoms with Crippen LogP contribution in [0.5, 0.6) is 0 Å². The first kappa shape index (κ1) is 22.3. The third-order valence-corrected chi connectivity index (χ3v) is 6.17. The van der Waals surface area contributed by atoms with E-state index in [0.29, 0.717) is 25.3 Å². The molecule has 1 aromatic heterocycles. The van der Waals surface area contributed by atoms with E-state index < -0.39 is 27.5 Å². The lowest BCUT2D eigenvalue weighted by Gasteiger charge is -2.44. The van der Waals surface area contributed by atoms with Gasteiger partial charge in [-0.1, -0.05) is 13.8 Å². The van der Waals surface area contributed by atoms with Crippen LogP contribution >= 0.6 is 0 Å². The molecular formula is C19H22F4N4O2S. The van der Waals surface area contributed by atoms with Crippen molar-refractivity contribution in [2.24, 2.45) is 5.92 Å². The standard InChI is InChI=1S/C19H22F4N4O2S/c1-12(2)15-11-26(13-4-5-14(20)16(10-13)30(3,28)29)8-9-27(15)18-24-7-6-17(25-18)19(21,22)23/h4-7,10,12,15H,8-9,11H2,1-3H3. The molecule has 0 saturated carbocycles. The summed E-state index contributed by atoms with van der Waals surface area (Å²) in [7, 11) is -3.74. The van der Waals surface area contributed by atoms with E-state index in [1.54, 1.807) is 4.90 Å². The van der Waals surface area contributed by atoms with Crippen molar-refractivity contribution >= 4 is 21.5 Å². The zero-order chi connectivity index (χ0) is 22.3. The molecule has 11 heteroatoms. The number of piperazine rings is 1. The Hall–Kier alpha value is -2.43. The van der Waals surface area contributed by atoms with E-state index in [9.17, 15) is 26.0 Å². The van der Waals surface area contributed by atoms with Crippen molar-refractivity contribution in [1.29, 1.82) is 0 Å². The SMILES string of the molecule is CC(C)C1CN(c2ccc(F)c(S(C)(=O)=O)c2)CCN1c1nccc(C(F)(F)F)n1. The zero-order valence-corrected chi connectivity index (χ0v) is 17.5. The average Bonchev–Trinajstić information content (AvgIpc) is 2.66. The van der Waals surface area contributed by atoms with Gasteiger partial charge in [-0.05, 0) is 30.2 Å². The molecule has 1 aliphatic rings. The van der Waals surface area contributed by atoms with Crippen LogP contribution in [0.25, 0.3) is 0 Å². The van der Waals surface area contributed by atoms with Crippen molar-refractivity contribution in [2.75, 3.05) is 35.7 Å². The molecule has 30 heavy (non-hydrogen) atoms. The van der Waals surface area contributed by atoms with Gasteiger partial charge in [0.25, 0.3) is 0 Å². The average molecular weight is 446 g/mol. The summed E-state index contributed by atoms with van der Waals surface area (Å²) < 4.78 is 76.7. The number of nitrogens with zero attached hydrogens (tertiary/aromatic N) is 4. The smallest absolute Gasteiger partial charge is 0.368 e. The van der Waals surface area contributed by atoms with Crippen molar-refractivity contribution in [3.05, 3.63) is 42.0 Å². The van der Waals surface area contributed by atoms with Crippen LogP contribution in [0.3, 0.4) is 0 Å². The minimum absolute atomic E-state index is 0.000828. The van der Waals surface area contributed by atoms with E-state index in [2.05, 4.69) is 9.97 Å². The van der Waals surface area contributed by atoms with Gasteiger partial charge in [-0.2, -0.15) is 13.2 Å². The van der Waals surface area contributed by atoms with E-state index in [0.717, 1.165) is 24.6 Å². The molecule has 0 aliphatic carbocycles. The number of sulfone groups is 1. The van der Waals surface area contributed by atoms with Crippen LogP contribution in [0.2, 0.25) is 0 Å². The van der Waals surface area contributed by atoms with E-state index in [1.807, 2.05) is 18.7 Å². The molecule has 2 aromatic rings. The second-order valence-corrected chi connectivity index (χ2v) is 9.56. The van der Waals surface area contributed by atoms with E-state index in [-0.39, 0.29) is 22.8 Å². The van der Waals surface area contributed by atoms with Gasteiger partial charge in [0, 0.05) is 37.8 Å². The molecule has 2 heterocycles. The van der Waals surface area contributed by atoms with Crippen LogP contribution in [-0.2, 0) is 16.0 Å². The molecule has 0 radical (unpaired) electrons. The van der Waals surface area contributed by atoms with Gasteiger partial charge in [0.15, 0.2) is 9.84 Å². The molecule has 3 rings (SSSR count). The highest BCUT2D eigenvalue weighted by Crippen LogP contribution is 2.31. The lowest BCUT2D eigenvalue weighted by molar-refractivity contribution is -0.141. The quantitative estimate of drug-likeness (QED) is 0.671. The minimum atomic E-state index is -4.57. The van der Waals surface area contributed by atoms with E-state index in [1.165, 1.54) is 12.1 Å². The maximum Gasteiger partial charge on any atom is 0.433 e. The molecular weight excluding hydrogens is 424 g/mol. The summed E-state index contributed by atoms with van der Waals surface area (Å²) in [6.07, 6.45) is -2.54. The number of aromatic nitrogens is 2. The largest absolute Gasteiger partial charge is 0.433 e. The number of hydrogen-bond acceptors (Lipinski definition) is 6. The van der Waals surface area contributed by atoms with Crippen LogP contribution in [0.1, 0.15) is 19.5 Å². The Morgan fingerprint density at radius 3 is 2.47 bits per heavy atom. The predicted octanol–water partition coefficient (Wildman–Crippen LogP) is 3.39. The van der Waals surface area contributed by atoms with Crippen molar-refractivity contribution < 1.29 is 26.0 Å². The van der Waals surface area contributed by atoms with E-state index in [4.69, 9.17) is 0 Å². The molecule has 6 nitrogen and oxygen atoms in total. The molecule has 1 fully saturated rings. The molecule has 1 atom stereocenters. The third kappa shape index (κ3) is 4.66. The summed E-state index contributed by atoms with van der Waals surface area (Å²) in [5.74, 6) is -0.780. The Kier molecular flexibility index (Phi) is 5.94. The molecule has 0 bridgehead atoms. The van der Waals surface area contributed by atoms with Gasteiger partial charge in [-0.15, -0.1) is 0 Å². The highest BCUT2D eigenvalue weighted by molar-refractivity contribution is 7.90. The first-order chi connectivity index (χ1) is 13.9. The highest BCUT2D eigenvalue weighted by Gasteiger charge is 2.36. The molecule has 1 aliphatic heterocycles. The Morgan fingerprint density at radius 2 is 1.87 bits per heavy atom. The fourth-order valence-corrected chi connectivity index (χ4v) is 4.24. The summed E-state index contributed by atoms with van der Waals surface area (Å²) in [5, 5.41) is 0. The molecule has 164 valence electrons. The lowest BCUT2D eigenvalue weighted by atomic mass is 9.99. The molecule has 1 unspecified atom stereocenters. The lowest BCUT2D eigenvalue weighted by Crippen LogP contribution is -2.56. The van der Waals surface area contributed by atoms with Gasteiger partial charge in [-0.25, -0.2) is 22.8 Å². The first-order valence-electron chi connectivity index (χ1n) is 9.29. The summed E-state index contributed by atoms with van der Waals surface area (Å²) in [4.78, 5) is 11.0. The topological polar surface area (TPSA) is 66.4 Å². The molecule has 1 saturated heterocycles. The van der Waals surface area contributed by atoms with Crippen molar-refractivity contribution in [1.82, 2.24) is 9.97 Å². The number of alkyl halides is 3. The fraction of sp³-hybridized carbons (Fsp3) is 0.474. The predicted molar refractivity (Wildman–Crippen MR) is 105 cm³/mol. The number of halogens is 4. The summed E-state index contributed by atoms with van der Waals surface area (Å²) in [6.45, 7) is 4.97. The maximum atomic E-state index is 13.9. The Labute approximate surface area is 172 Å². The number of benzene rings is 1. The van der Waals surface area contributed by atoms with Crippen LogP contribution in [0.15, 0.2) is 35.4 Å². The minimum Gasteiger partial charge on any atom is -0.368 e. The molecule has 0 N–H and O–H groups in total. The monoisotopic (exact) mass is 446 g/mol. The van der Waals surface area contributed by atoms with Gasteiger partial charge in [-0.3, -0.25) is 0 Å². The first-order valence-corrected chi connectivity index (χ1v) is 11.2. The Morgan fingerprint density at radius 1 is 1.17 bits per heavy atom. The Bertz CT molecular complexity index is 1030. The normalized spacial score (nSPS) is 18.2. The van der Waals surface area contributed by atoms with Crippen LogP contribution in [0.4, 0.5) is 29.2 Å². The van der Waals surface area contributed by atoms with Crippen molar-refractivity contribution in [3.8, 4) is 0 Å². The summed E-state index contributed by atoms with van der Waals surface area (Å²) in [5.41, 5.74) is -0.471. The highest BCUT2D eigenvalue weighted by atomic mass is 32.2. The maximum absolute atomic E-state index is 13.9. The molecule has 0 amide bonds. The molecule has 0 spiro atoms. The second-order valence-electron chi connectivity index (χ2n) is 7.58. The van der Waals surface area contributed by atoms with Crippen LogP contribution in [0, 0.1) is 11.7 Å². The van der Waals surface area contributed by atoms with Gasteiger partial charge in [0.1, 0.15) is 16.4 Å². The third-order valence-electron chi connectivity index (χ3n) is 5.06. The van der Waals surface area contributed by atoms with Crippen LogP contribution < -0.4 is 9.80 Å². The van der Waals surface area contributed by atoms with Crippen LogP contribution in [-0.4, -0.2) is 50.3 Å². The van der Waals surface area contributed by atoms with Crippen molar-refractivity contribution in [2.45, 2.75) is 31.0 Å². The fourth-order valence-electron chi connectivity index (χ4n) is 3.48. The summed E-state index contributed by atoms with van der Waals surface area (Å²) >= 11 is 0. The number of anilines is 2. The zero-order valence-electron chi connectivity index (χ0n) is 16.7. The number of hydrogen-bond donors (Lipinski definition) is 0. The van der Waals surface area contributed by atoms with Crippen molar-refractivity contribution in [3.63, 3.8) is 0 Å². The number of rotatable bonds is 4. The molecule has 1 aromatic carbocycles. The van der Waals surface area contributed by atoms with Gasteiger partial charge in [0.2, 0.25) is 5.95 Å². The summed E-state index contributed by atoms with van der Waals surface area (Å²) in [6, 6.07) is 4.50. The van der Waals surface area contributed by atoms with Gasteiger partial charge in [0.05, 0.1) is 6.04 Å². The van der Waals surface area contributed by atoms with Gasteiger partial charge >= 0.3 is 6.18 Å².